The van der Waals surface area contributed by atoms with E-state index in [2.05, 4.69) is 54.5 Å². The van der Waals surface area contributed by atoms with Gasteiger partial charge < -0.3 is 13.9 Å². The molecule has 0 amide bonds. The van der Waals surface area contributed by atoms with Crippen molar-refractivity contribution in [1.82, 2.24) is 0 Å². The molecule has 0 aromatic heterocycles. The van der Waals surface area contributed by atoms with E-state index in [0.717, 1.165) is 43.8 Å². The Morgan fingerprint density at radius 2 is 1.67 bits per heavy atom. The summed E-state index contributed by atoms with van der Waals surface area (Å²) >= 11 is 0. The summed E-state index contributed by atoms with van der Waals surface area (Å²) in [6.45, 7) is 17.5. The standard InChI is InChI=1S/C28H46O4Si/c1-8-33(9-2,10-3)32-23-21-17-20(5)25(23,6)18-22(29)26(7)19(4)11-12-27(21)13-14-28(24(26)27)30-15-16-31-28/h17,19-20,23-24H,8-16,18H2,1-7H3/t19-,20-,23?,24?,25+,26+,27?/m1/s1. The van der Waals surface area contributed by atoms with Crippen molar-refractivity contribution in [3.05, 3.63) is 11.6 Å². The minimum atomic E-state index is -1.86. The van der Waals surface area contributed by atoms with Crippen LogP contribution in [-0.2, 0) is 18.7 Å². The fourth-order valence-corrected chi connectivity index (χ4v) is 11.8. The molecule has 5 rings (SSSR count). The first-order chi connectivity index (χ1) is 15.6. The SMILES string of the molecule is CC[Si](CC)(CC)OC1C2=C[C@@H](C)[C@]1(C)CC(=O)[C@@]1(C)C3C4(CCC23CC[C@H]1C)OCCO4. The van der Waals surface area contributed by atoms with Crippen LogP contribution >= 0.6 is 0 Å². The minimum Gasteiger partial charge on any atom is -0.410 e. The summed E-state index contributed by atoms with van der Waals surface area (Å²) in [6.07, 6.45) is 7.40. The van der Waals surface area contributed by atoms with E-state index in [4.69, 9.17) is 13.9 Å². The maximum absolute atomic E-state index is 14.5. The van der Waals surface area contributed by atoms with Crippen LogP contribution in [-0.4, -0.2) is 39.2 Å². The molecule has 4 aliphatic carbocycles. The van der Waals surface area contributed by atoms with Gasteiger partial charge in [0.05, 0.1) is 19.3 Å². The summed E-state index contributed by atoms with van der Waals surface area (Å²) in [5.74, 6) is 0.605. The molecule has 3 unspecified atom stereocenters. The highest BCUT2D eigenvalue weighted by molar-refractivity contribution is 6.73. The number of rotatable bonds is 5. The van der Waals surface area contributed by atoms with E-state index in [1.807, 2.05) is 0 Å². The highest BCUT2D eigenvalue weighted by Crippen LogP contribution is 2.73. The van der Waals surface area contributed by atoms with Gasteiger partial charge in [-0.25, -0.2) is 0 Å². The summed E-state index contributed by atoms with van der Waals surface area (Å²) in [7, 11) is -1.86. The van der Waals surface area contributed by atoms with Crippen LogP contribution < -0.4 is 0 Å². The Balaban J connectivity index is 1.71. The number of carbonyl (C=O) groups excluding carboxylic acids is 1. The smallest absolute Gasteiger partial charge is 0.192 e. The van der Waals surface area contributed by atoms with Gasteiger partial charge in [0, 0.05) is 35.0 Å². The molecule has 5 aliphatic rings. The second kappa shape index (κ2) is 7.75. The van der Waals surface area contributed by atoms with E-state index < -0.39 is 19.5 Å². The van der Waals surface area contributed by atoms with Crippen LogP contribution in [0, 0.1) is 34.0 Å². The van der Waals surface area contributed by atoms with Gasteiger partial charge in [-0.1, -0.05) is 54.5 Å². The van der Waals surface area contributed by atoms with Gasteiger partial charge in [-0.2, -0.15) is 0 Å². The Morgan fingerprint density at radius 3 is 2.27 bits per heavy atom. The Bertz CT molecular complexity index is 835. The van der Waals surface area contributed by atoms with Crippen LogP contribution in [0.4, 0.5) is 0 Å². The van der Waals surface area contributed by atoms with Crippen molar-refractivity contribution < 1.29 is 18.7 Å². The molecular formula is C28H46O4Si. The summed E-state index contributed by atoms with van der Waals surface area (Å²) in [4.78, 5) is 14.5. The van der Waals surface area contributed by atoms with Crippen LogP contribution in [0.1, 0.15) is 80.6 Å². The molecule has 5 heteroatoms. The quantitative estimate of drug-likeness (QED) is 0.337. The molecule has 4 bridgehead atoms. The number of ketones is 1. The van der Waals surface area contributed by atoms with Crippen molar-refractivity contribution in [1.29, 1.82) is 0 Å². The van der Waals surface area contributed by atoms with Crippen LogP contribution in [0.15, 0.2) is 11.6 Å². The van der Waals surface area contributed by atoms with E-state index in [0.29, 0.717) is 37.3 Å². The van der Waals surface area contributed by atoms with Crippen LogP contribution in [0.2, 0.25) is 18.1 Å². The fraction of sp³-hybridized carbons (Fsp3) is 0.893. The zero-order valence-corrected chi connectivity index (χ0v) is 23.1. The molecule has 4 fully saturated rings. The monoisotopic (exact) mass is 474 g/mol. The molecule has 3 saturated carbocycles. The molecule has 1 aliphatic heterocycles. The average Bonchev–Trinajstić information content (AvgIpc) is 3.47. The topological polar surface area (TPSA) is 44.8 Å². The first-order valence-corrected chi connectivity index (χ1v) is 16.3. The van der Waals surface area contributed by atoms with Crippen molar-refractivity contribution in [3.63, 3.8) is 0 Å². The number of carbonyl (C=O) groups is 1. The third-order valence-electron chi connectivity index (χ3n) is 11.7. The summed E-state index contributed by atoms with van der Waals surface area (Å²) in [6, 6.07) is 3.43. The predicted octanol–water partition coefficient (Wildman–Crippen LogP) is 6.51. The molecule has 7 atom stereocenters. The lowest BCUT2D eigenvalue weighted by molar-refractivity contribution is -0.238. The van der Waals surface area contributed by atoms with Gasteiger partial charge in [-0.05, 0) is 54.8 Å². The van der Waals surface area contributed by atoms with Crippen molar-refractivity contribution in [2.45, 2.75) is 111 Å². The molecule has 4 nitrogen and oxygen atoms in total. The second-order valence-electron chi connectivity index (χ2n) is 12.6. The van der Waals surface area contributed by atoms with Gasteiger partial charge in [-0.15, -0.1) is 0 Å². The van der Waals surface area contributed by atoms with Gasteiger partial charge in [-0.3, -0.25) is 4.79 Å². The molecule has 1 saturated heterocycles. The second-order valence-corrected chi connectivity index (χ2v) is 17.3. The summed E-state index contributed by atoms with van der Waals surface area (Å²) in [5, 5.41) is 0. The molecular weight excluding hydrogens is 428 g/mol. The van der Waals surface area contributed by atoms with E-state index >= 15 is 0 Å². The maximum atomic E-state index is 14.5. The summed E-state index contributed by atoms with van der Waals surface area (Å²) < 4.78 is 20.4. The summed E-state index contributed by atoms with van der Waals surface area (Å²) in [5.41, 5.74) is 0.904. The van der Waals surface area contributed by atoms with Gasteiger partial charge >= 0.3 is 0 Å². The molecule has 0 N–H and O–H groups in total. The van der Waals surface area contributed by atoms with Gasteiger partial charge in [0.2, 0.25) is 0 Å². The predicted molar refractivity (Wildman–Crippen MR) is 133 cm³/mol. The van der Waals surface area contributed by atoms with E-state index in [9.17, 15) is 4.79 Å². The van der Waals surface area contributed by atoms with Crippen molar-refractivity contribution >= 4 is 14.1 Å². The number of ether oxygens (including phenoxy) is 2. The molecule has 0 radical (unpaired) electrons. The molecule has 1 spiro atoms. The molecule has 0 aromatic rings. The molecule has 0 aromatic carbocycles. The van der Waals surface area contributed by atoms with Gasteiger partial charge in [0.1, 0.15) is 5.78 Å². The highest BCUT2D eigenvalue weighted by atomic mass is 28.4. The fourth-order valence-electron chi connectivity index (χ4n) is 8.94. The van der Waals surface area contributed by atoms with Crippen LogP contribution in [0.3, 0.4) is 0 Å². The van der Waals surface area contributed by atoms with Crippen molar-refractivity contribution in [2.24, 2.45) is 34.0 Å². The Labute approximate surface area is 202 Å². The van der Waals surface area contributed by atoms with Gasteiger partial charge in [0.25, 0.3) is 0 Å². The third-order valence-corrected chi connectivity index (χ3v) is 16.3. The molecule has 33 heavy (non-hydrogen) atoms. The van der Waals surface area contributed by atoms with Gasteiger partial charge in [0.15, 0.2) is 14.1 Å². The first-order valence-electron chi connectivity index (χ1n) is 13.8. The Kier molecular flexibility index (Phi) is 5.69. The lowest BCUT2D eigenvalue weighted by Crippen LogP contribution is -2.63. The highest BCUT2D eigenvalue weighted by Gasteiger charge is 2.74. The first kappa shape index (κ1) is 24.2. The van der Waals surface area contributed by atoms with E-state index in [1.54, 1.807) is 0 Å². The lowest BCUT2D eigenvalue weighted by Gasteiger charge is -2.60. The molecule has 1 heterocycles. The van der Waals surface area contributed by atoms with E-state index in [1.165, 1.54) is 5.57 Å². The van der Waals surface area contributed by atoms with Crippen molar-refractivity contribution in [2.75, 3.05) is 13.2 Å². The number of Topliss-reactive ketones (excluding diaryl/α,β-unsaturated/α-hetero) is 1. The third kappa shape index (κ3) is 2.95. The normalized spacial score (nSPS) is 46.3. The number of hydrogen-bond donors (Lipinski definition) is 0. The largest absolute Gasteiger partial charge is 0.410 e. The lowest BCUT2D eigenvalue weighted by atomic mass is 9.45. The number of hydrogen-bond acceptors (Lipinski definition) is 4. The maximum Gasteiger partial charge on any atom is 0.192 e. The van der Waals surface area contributed by atoms with Crippen molar-refractivity contribution in [3.8, 4) is 0 Å². The Morgan fingerprint density at radius 1 is 1.03 bits per heavy atom. The zero-order valence-electron chi connectivity index (χ0n) is 22.1. The Hall–Kier alpha value is -0.493. The number of allylic oxidation sites excluding steroid dienone is 1. The van der Waals surface area contributed by atoms with Crippen LogP contribution in [0.5, 0.6) is 0 Å². The van der Waals surface area contributed by atoms with Crippen LogP contribution in [0.25, 0.3) is 0 Å². The number of fused-ring (bicyclic) bond motifs is 2. The zero-order chi connectivity index (χ0) is 23.9. The average molecular weight is 475 g/mol. The minimum absolute atomic E-state index is 0.0479. The molecule has 186 valence electrons. The van der Waals surface area contributed by atoms with E-state index in [-0.39, 0.29) is 22.9 Å².